The van der Waals surface area contributed by atoms with E-state index in [0.29, 0.717) is 12.1 Å². The minimum atomic E-state index is -4.73. The van der Waals surface area contributed by atoms with Gasteiger partial charge in [0.1, 0.15) is 10.6 Å². The van der Waals surface area contributed by atoms with Crippen LogP contribution >= 0.6 is 11.6 Å². The van der Waals surface area contributed by atoms with Gasteiger partial charge in [0.2, 0.25) is 0 Å². The van der Waals surface area contributed by atoms with Crippen LogP contribution in [-0.2, 0) is 16.3 Å². The molecule has 0 aliphatic heterocycles. The quantitative estimate of drug-likeness (QED) is 0.587. The predicted octanol–water partition coefficient (Wildman–Crippen LogP) is 4.33. The van der Waals surface area contributed by atoms with Crippen LogP contribution in [0.4, 0.5) is 13.2 Å². The Morgan fingerprint density at radius 3 is 2.38 bits per heavy atom. The maximum absolute atomic E-state index is 12.7. The number of rotatable bonds is 4. The molecule has 2 rings (SSSR count). The molecule has 0 saturated carbocycles. The molecule has 128 valence electrons. The molecule has 9 heteroatoms. The second kappa shape index (κ2) is 6.45. The molecule has 0 N–H and O–H groups in total. The molecule has 0 unspecified atom stereocenters. The molecule has 0 fully saturated rings. The first-order valence-corrected chi connectivity index (χ1v) is 8.21. The van der Waals surface area contributed by atoms with E-state index in [0.717, 1.165) is 6.07 Å². The zero-order valence-corrected chi connectivity index (χ0v) is 13.7. The van der Waals surface area contributed by atoms with E-state index >= 15 is 0 Å². The van der Waals surface area contributed by atoms with Gasteiger partial charge in [-0.3, -0.25) is 4.79 Å². The van der Waals surface area contributed by atoms with Crippen molar-refractivity contribution in [3.05, 3.63) is 58.6 Å². The second-order valence-corrected chi connectivity index (χ2v) is 6.69. The number of carbonyl (C=O) groups is 1. The van der Waals surface area contributed by atoms with E-state index in [-0.39, 0.29) is 17.1 Å². The summed E-state index contributed by atoms with van der Waals surface area (Å²) in [5.74, 6) is -0.536. The van der Waals surface area contributed by atoms with Gasteiger partial charge < -0.3 is 4.18 Å². The lowest BCUT2D eigenvalue weighted by atomic mass is 10.1. The van der Waals surface area contributed by atoms with Crippen LogP contribution in [0.5, 0.6) is 5.75 Å². The number of hydrogen-bond donors (Lipinski definition) is 0. The van der Waals surface area contributed by atoms with Crippen LogP contribution in [0.1, 0.15) is 22.8 Å². The Morgan fingerprint density at radius 1 is 1.12 bits per heavy atom. The van der Waals surface area contributed by atoms with E-state index < -0.39 is 31.8 Å². The van der Waals surface area contributed by atoms with E-state index in [1.54, 1.807) is 0 Å². The summed E-state index contributed by atoms with van der Waals surface area (Å²) < 4.78 is 67.5. The average molecular weight is 379 g/mol. The summed E-state index contributed by atoms with van der Waals surface area (Å²) in [6.45, 7) is 1.28. The van der Waals surface area contributed by atoms with Gasteiger partial charge in [0, 0.05) is 5.56 Å². The summed E-state index contributed by atoms with van der Waals surface area (Å²) >= 11 is 5.70. The molecule has 0 atom stereocenters. The molecule has 0 aliphatic rings. The first kappa shape index (κ1) is 18.3. The maximum Gasteiger partial charge on any atom is 0.416 e. The number of alkyl halides is 3. The van der Waals surface area contributed by atoms with Crippen molar-refractivity contribution in [3.8, 4) is 5.75 Å². The molecule has 2 aromatic rings. The Kier molecular flexibility index (Phi) is 4.91. The third-order valence-electron chi connectivity index (χ3n) is 2.97. The van der Waals surface area contributed by atoms with Crippen LogP contribution in [-0.4, -0.2) is 14.2 Å². The molecule has 0 spiro atoms. The molecule has 0 aliphatic carbocycles. The Hall–Kier alpha value is -2.06. The van der Waals surface area contributed by atoms with Gasteiger partial charge in [-0.05, 0) is 37.3 Å². The minimum Gasteiger partial charge on any atom is -0.379 e. The predicted molar refractivity (Wildman–Crippen MR) is 80.7 cm³/mol. The molecule has 0 amide bonds. The van der Waals surface area contributed by atoms with Gasteiger partial charge in [0.05, 0.1) is 10.6 Å². The van der Waals surface area contributed by atoms with Crippen molar-refractivity contribution in [1.29, 1.82) is 0 Å². The molecule has 2 aromatic carbocycles. The van der Waals surface area contributed by atoms with Crippen LogP contribution < -0.4 is 4.18 Å². The molecule has 0 saturated heterocycles. The van der Waals surface area contributed by atoms with Crippen LogP contribution in [0.15, 0.2) is 47.4 Å². The molecule has 4 nitrogen and oxygen atoms in total. The Labute approximate surface area is 140 Å². The molecule has 24 heavy (non-hydrogen) atoms. The zero-order chi connectivity index (χ0) is 18.1. The van der Waals surface area contributed by atoms with E-state index in [1.807, 2.05) is 0 Å². The van der Waals surface area contributed by atoms with Crippen molar-refractivity contribution in [1.82, 2.24) is 0 Å². The van der Waals surface area contributed by atoms with Crippen molar-refractivity contribution in [2.45, 2.75) is 18.0 Å². The molecular formula is C15H10ClF3O4S. The highest BCUT2D eigenvalue weighted by atomic mass is 35.5. The molecule has 0 aromatic heterocycles. The van der Waals surface area contributed by atoms with Crippen molar-refractivity contribution < 1.29 is 30.6 Å². The van der Waals surface area contributed by atoms with Crippen molar-refractivity contribution in [3.63, 3.8) is 0 Å². The minimum absolute atomic E-state index is 0.192. The smallest absolute Gasteiger partial charge is 0.379 e. The fourth-order valence-corrected chi connectivity index (χ4v) is 3.24. The summed E-state index contributed by atoms with van der Waals surface area (Å²) in [6, 6.07) is 7.14. The molecule has 0 radical (unpaired) electrons. The fraction of sp³-hybridized carbons (Fsp3) is 0.133. The second-order valence-electron chi connectivity index (χ2n) is 4.76. The van der Waals surface area contributed by atoms with Crippen molar-refractivity contribution in [2.24, 2.45) is 0 Å². The highest BCUT2D eigenvalue weighted by Gasteiger charge is 2.33. The SMILES string of the molecule is CC(=O)c1cccc(OS(=O)(=O)c2cc(C(F)(F)F)ccc2Cl)c1. The largest absolute Gasteiger partial charge is 0.416 e. The monoisotopic (exact) mass is 378 g/mol. The number of halogens is 4. The van der Waals surface area contributed by atoms with Gasteiger partial charge >= 0.3 is 16.3 Å². The van der Waals surface area contributed by atoms with E-state index in [2.05, 4.69) is 0 Å². The summed E-state index contributed by atoms with van der Waals surface area (Å²) in [6.07, 6.45) is -4.73. The molecule has 0 bridgehead atoms. The normalized spacial score (nSPS) is 12.0. The van der Waals surface area contributed by atoms with Crippen molar-refractivity contribution >= 4 is 27.5 Å². The number of ketones is 1. The van der Waals surface area contributed by atoms with Gasteiger partial charge in [-0.15, -0.1) is 0 Å². The summed E-state index contributed by atoms with van der Waals surface area (Å²) in [4.78, 5) is 10.5. The van der Waals surface area contributed by atoms with E-state index in [4.69, 9.17) is 15.8 Å². The van der Waals surface area contributed by atoms with Crippen LogP contribution in [0.3, 0.4) is 0 Å². The van der Waals surface area contributed by atoms with Gasteiger partial charge in [-0.25, -0.2) is 0 Å². The Balaban J connectivity index is 2.44. The Bertz CT molecular complexity index is 892. The highest BCUT2D eigenvalue weighted by Crippen LogP contribution is 2.34. The zero-order valence-electron chi connectivity index (χ0n) is 12.1. The third kappa shape index (κ3) is 4.07. The van der Waals surface area contributed by atoms with Crippen LogP contribution in [0, 0.1) is 0 Å². The number of benzene rings is 2. The molecular weight excluding hydrogens is 369 g/mol. The summed E-state index contributed by atoms with van der Waals surface area (Å²) in [7, 11) is -4.61. The lowest BCUT2D eigenvalue weighted by Gasteiger charge is -2.12. The molecule has 0 heterocycles. The van der Waals surface area contributed by atoms with Gasteiger partial charge in [0.25, 0.3) is 0 Å². The maximum atomic E-state index is 12.7. The van der Waals surface area contributed by atoms with E-state index in [9.17, 15) is 26.4 Å². The summed E-state index contributed by atoms with van der Waals surface area (Å²) in [5.41, 5.74) is -0.982. The lowest BCUT2D eigenvalue weighted by Crippen LogP contribution is -2.13. The van der Waals surface area contributed by atoms with E-state index in [1.165, 1.54) is 31.2 Å². The average Bonchev–Trinajstić information content (AvgIpc) is 2.46. The van der Waals surface area contributed by atoms with Crippen LogP contribution in [0.25, 0.3) is 0 Å². The Morgan fingerprint density at radius 2 is 1.79 bits per heavy atom. The third-order valence-corrected chi connectivity index (χ3v) is 4.70. The first-order valence-electron chi connectivity index (χ1n) is 6.43. The summed E-state index contributed by atoms with van der Waals surface area (Å²) in [5, 5.41) is -0.411. The van der Waals surface area contributed by atoms with Gasteiger partial charge in [0.15, 0.2) is 5.78 Å². The van der Waals surface area contributed by atoms with Crippen molar-refractivity contribution in [2.75, 3.05) is 0 Å². The van der Waals surface area contributed by atoms with Gasteiger partial charge in [-0.1, -0.05) is 23.7 Å². The topological polar surface area (TPSA) is 60.4 Å². The number of Topliss-reactive ketones (excluding diaryl/α,β-unsaturated/α-hetero) is 1. The fourth-order valence-electron chi connectivity index (χ4n) is 1.81. The standard InChI is InChI=1S/C15H10ClF3O4S/c1-9(20)10-3-2-4-12(7-10)23-24(21,22)14-8-11(15(17,18)19)5-6-13(14)16/h2-8H,1H3. The number of carbonyl (C=O) groups excluding carboxylic acids is 1. The first-order chi connectivity index (χ1) is 11.0. The lowest BCUT2D eigenvalue weighted by molar-refractivity contribution is -0.137. The van der Waals surface area contributed by atoms with Gasteiger partial charge in [-0.2, -0.15) is 21.6 Å². The highest BCUT2D eigenvalue weighted by molar-refractivity contribution is 7.87. The number of hydrogen-bond acceptors (Lipinski definition) is 4. The van der Waals surface area contributed by atoms with Crippen LogP contribution in [0.2, 0.25) is 5.02 Å².